The summed E-state index contributed by atoms with van der Waals surface area (Å²) in [4.78, 5) is 31.4. The van der Waals surface area contributed by atoms with Crippen molar-refractivity contribution < 1.29 is 24.2 Å². The number of hydrogen-bond donors (Lipinski definition) is 1. The van der Waals surface area contributed by atoms with Gasteiger partial charge >= 0.3 is 0 Å². The van der Waals surface area contributed by atoms with Crippen molar-refractivity contribution in [2.75, 3.05) is 5.75 Å². The smallest absolute Gasteiger partial charge is 0.178 e. The Labute approximate surface area is 246 Å². The first-order valence-corrected chi connectivity index (χ1v) is 16.2. The maximum Gasteiger partial charge on any atom is 0.178 e. The second-order valence-electron chi connectivity index (χ2n) is 13.2. The number of allylic oxidation sites excluding steroid dienone is 4. The number of pyridine rings is 1. The first kappa shape index (κ1) is 27.5. The van der Waals surface area contributed by atoms with Gasteiger partial charge in [0, 0.05) is 28.3 Å². The number of hydrogen-bond acceptors (Lipinski definition) is 7. The van der Waals surface area contributed by atoms with E-state index in [1.165, 1.54) is 11.8 Å². The van der Waals surface area contributed by atoms with Crippen LogP contribution in [0.4, 0.5) is 0 Å². The first-order valence-electron chi connectivity index (χ1n) is 15.2. The van der Waals surface area contributed by atoms with Gasteiger partial charge in [0.2, 0.25) is 0 Å². The lowest BCUT2D eigenvalue weighted by atomic mass is 9.46. The highest BCUT2D eigenvalue weighted by molar-refractivity contribution is 8.00. The van der Waals surface area contributed by atoms with Crippen LogP contribution in [0.1, 0.15) is 59.3 Å². The van der Waals surface area contributed by atoms with Gasteiger partial charge in [-0.15, -0.1) is 0 Å². The normalized spacial score (nSPS) is 41.0. The zero-order chi connectivity index (χ0) is 28.6. The number of aromatic nitrogens is 1. The summed E-state index contributed by atoms with van der Waals surface area (Å²) >= 11 is 1.47. The molecule has 5 unspecified atom stereocenters. The molecule has 4 aliphatic carbocycles. The third-order valence-corrected chi connectivity index (χ3v) is 12.2. The van der Waals surface area contributed by atoms with Gasteiger partial charge in [-0.25, -0.2) is 4.98 Å². The molecule has 1 saturated heterocycles. The molecule has 4 fully saturated rings. The molecule has 9 atom stereocenters. The molecule has 6 nitrogen and oxygen atoms in total. The van der Waals surface area contributed by atoms with Crippen molar-refractivity contribution in [3.05, 3.63) is 60.3 Å². The summed E-state index contributed by atoms with van der Waals surface area (Å²) in [5.74, 6) is 0.703. The van der Waals surface area contributed by atoms with Gasteiger partial charge in [0.05, 0.1) is 18.0 Å². The lowest BCUT2D eigenvalue weighted by molar-refractivity contribution is -0.197. The Morgan fingerprint density at radius 2 is 2.05 bits per heavy atom. The number of benzene rings is 1. The Hall–Kier alpha value is -2.32. The van der Waals surface area contributed by atoms with E-state index < -0.39 is 23.4 Å². The molecule has 41 heavy (non-hydrogen) atoms. The number of aliphatic hydroxyl groups is 1. The number of thioether (sulfide) groups is 1. The molecule has 7 rings (SSSR count). The fourth-order valence-electron chi connectivity index (χ4n) is 9.45. The molecule has 0 radical (unpaired) electrons. The van der Waals surface area contributed by atoms with Crippen LogP contribution < -0.4 is 0 Å². The van der Waals surface area contributed by atoms with Crippen LogP contribution >= 0.6 is 11.8 Å². The van der Waals surface area contributed by atoms with Crippen molar-refractivity contribution in [3.8, 4) is 0 Å². The van der Waals surface area contributed by atoms with Crippen molar-refractivity contribution in [1.82, 2.24) is 4.98 Å². The Balaban J connectivity index is 1.23. The van der Waals surface area contributed by atoms with Crippen LogP contribution in [0.15, 0.2) is 65.4 Å². The quantitative estimate of drug-likeness (QED) is 0.420. The summed E-state index contributed by atoms with van der Waals surface area (Å²) in [6, 6.07) is 10.1. The molecule has 2 heterocycles. The molecule has 1 aliphatic heterocycles. The zero-order valence-electron chi connectivity index (χ0n) is 24.0. The monoisotopic (exact) mass is 573 g/mol. The van der Waals surface area contributed by atoms with Gasteiger partial charge < -0.3 is 14.6 Å². The SMILES string of the molecule is CCC[C@@H]1O[C@H]2CC3C4CCC5=CC(=O)C=CC5(C)C4[C@@H](O)CC3(C)[C@]2(C(=O)CSc2nccc3ccccc23)O1. The summed E-state index contributed by atoms with van der Waals surface area (Å²) in [5, 5.41) is 14.9. The average molecular weight is 574 g/mol. The summed E-state index contributed by atoms with van der Waals surface area (Å²) in [5.41, 5.74) is -0.880. The summed E-state index contributed by atoms with van der Waals surface area (Å²) in [6.07, 6.45) is 10.5. The number of ether oxygens (including phenoxy) is 2. The molecule has 1 N–H and O–H groups in total. The van der Waals surface area contributed by atoms with Gasteiger partial charge in [-0.3, -0.25) is 9.59 Å². The molecule has 0 bridgehead atoms. The van der Waals surface area contributed by atoms with Crippen LogP contribution in [-0.4, -0.2) is 51.5 Å². The highest BCUT2D eigenvalue weighted by atomic mass is 32.2. The zero-order valence-corrected chi connectivity index (χ0v) is 24.9. The topological polar surface area (TPSA) is 85.7 Å². The van der Waals surface area contributed by atoms with E-state index in [1.54, 1.807) is 18.3 Å². The van der Waals surface area contributed by atoms with Gasteiger partial charge in [0.25, 0.3) is 0 Å². The third-order valence-electron chi connectivity index (χ3n) is 11.2. The largest absolute Gasteiger partial charge is 0.393 e. The van der Waals surface area contributed by atoms with E-state index in [-0.39, 0.29) is 46.6 Å². The van der Waals surface area contributed by atoms with Crippen LogP contribution in [0.2, 0.25) is 0 Å². The number of rotatable bonds is 6. The van der Waals surface area contributed by atoms with E-state index in [0.717, 1.165) is 53.5 Å². The van der Waals surface area contributed by atoms with Crippen molar-refractivity contribution in [1.29, 1.82) is 0 Å². The summed E-state index contributed by atoms with van der Waals surface area (Å²) < 4.78 is 13.4. The third kappa shape index (κ3) is 3.92. The van der Waals surface area contributed by atoms with Crippen LogP contribution in [-0.2, 0) is 19.1 Å². The van der Waals surface area contributed by atoms with E-state index >= 15 is 0 Å². The fourth-order valence-corrected chi connectivity index (χ4v) is 10.4. The number of carbonyl (C=O) groups is 2. The van der Waals surface area contributed by atoms with Gasteiger partial charge in [-0.2, -0.15) is 0 Å². The van der Waals surface area contributed by atoms with Crippen LogP contribution in [0.25, 0.3) is 10.8 Å². The van der Waals surface area contributed by atoms with Crippen molar-refractivity contribution in [2.45, 2.75) is 88.4 Å². The molecule has 1 aromatic heterocycles. The van der Waals surface area contributed by atoms with Crippen molar-refractivity contribution in [3.63, 3.8) is 0 Å². The highest BCUT2D eigenvalue weighted by Crippen LogP contribution is 2.69. The molecule has 2 aromatic rings. The molecule has 0 spiro atoms. The van der Waals surface area contributed by atoms with Gasteiger partial charge in [-0.05, 0) is 67.5 Å². The molecule has 3 saturated carbocycles. The molecule has 5 aliphatic rings. The summed E-state index contributed by atoms with van der Waals surface area (Å²) in [7, 11) is 0. The Morgan fingerprint density at radius 1 is 1.22 bits per heavy atom. The van der Waals surface area contributed by atoms with E-state index in [1.807, 2.05) is 30.3 Å². The molecule has 0 amide bonds. The Morgan fingerprint density at radius 3 is 2.88 bits per heavy atom. The maximum atomic E-state index is 14.6. The molecule has 7 heteroatoms. The Kier molecular flexibility index (Phi) is 6.62. The van der Waals surface area contributed by atoms with E-state index in [4.69, 9.17) is 9.47 Å². The molecule has 1 aromatic carbocycles. The second-order valence-corrected chi connectivity index (χ2v) is 14.2. The predicted molar refractivity (Wildman–Crippen MR) is 158 cm³/mol. The highest BCUT2D eigenvalue weighted by Gasteiger charge is 2.75. The number of fused-ring (bicyclic) bond motifs is 8. The number of aliphatic hydroxyl groups excluding tert-OH is 1. The molecule has 216 valence electrons. The van der Waals surface area contributed by atoms with Crippen LogP contribution in [0.3, 0.4) is 0 Å². The van der Waals surface area contributed by atoms with E-state index in [0.29, 0.717) is 6.42 Å². The van der Waals surface area contributed by atoms with Crippen LogP contribution in [0, 0.1) is 28.6 Å². The maximum absolute atomic E-state index is 14.6. The first-order chi connectivity index (χ1) is 19.7. The number of nitrogens with zero attached hydrogens (tertiary/aromatic N) is 1. The van der Waals surface area contributed by atoms with Gasteiger partial charge in [0.15, 0.2) is 23.5 Å². The average Bonchev–Trinajstić information content (AvgIpc) is 3.44. The number of ketones is 2. The minimum absolute atomic E-state index is 0.00315. The number of carbonyl (C=O) groups excluding carboxylic acids is 2. The Bertz CT molecular complexity index is 1460. The van der Waals surface area contributed by atoms with Gasteiger partial charge in [0.1, 0.15) is 5.03 Å². The lowest BCUT2D eigenvalue weighted by Crippen LogP contribution is -2.63. The molecular formula is C34H39NO5S. The molecular weight excluding hydrogens is 534 g/mol. The van der Waals surface area contributed by atoms with E-state index in [9.17, 15) is 14.7 Å². The number of Topliss-reactive ketones (excluding diaryl/α,β-unsaturated/α-hetero) is 1. The minimum atomic E-state index is -1.10. The van der Waals surface area contributed by atoms with Crippen molar-refractivity contribution >= 4 is 34.1 Å². The summed E-state index contributed by atoms with van der Waals surface area (Å²) in [6.45, 7) is 6.47. The fraction of sp³-hybridized carbons (Fsp3) is 0.559. The standard InChI is InChI=1S/C34H39NO5S/c1-4-7-29-39-28-17-25-24-11-10-21-16-22(36)12-14-32(21,2)30(24)26(37)18-33(25,3)34(28,40-29)27(38)19-41-31-23-9-6-5-8-20(23)13-15-35-31/h5-6,8-9,12-16,24-26,28-30,37H,4,7,10-11,17-19H2,1-3H3/t24?,25?,26-,28-,29+,30?,32?,33?,34+/m0/s1. The second kappa shape index (κ2) is 9.87. The van der Waals surface area contributed by atoms with Crippen molar-refractivity contribution in [2.24, 2.45) is 28.6 Å². The van der Waals surface area contributed by atoms with Gasteiger partial charge in [-0.1, -0.05) is 74.9 Å². The lowest BCUT2D eigenvalue weighted by Gasteiger charge is -2.59. The van der Waals surface area contributed by atoms with E-state index in [2.05, 4.69) is 31.8 Å². The predicted octanol–water partition coefficient (Wildman–Crippen LogP) is 6.07. The van der Waals surface area contributed by atoms with Crippen LogP contribution in [0.5, 0.6) is 0 Å². The minimum Gasteiger partial charge on any atom is -0.393 e.